The van der Waals surface area contributed by atoms with Crippen LogP contribution in [-0.2, 0) is 14.3 Å². The van der Waals surface area contributed by atoms with Crippen LogP contribution < -0.4 is 10.2 Å². The Labute approximate surface area is 167 Å². The normalized spacial score (nSPS) is 15.8. The zero-order chi connectivity index (χ0) is 21.2. The number of esters is 1. The van der Waals surface area contributed by atoms with Crippen molar-refractivity contribution in [2.75, 3.05) is 38.2 Å². The molecule has 1 aliphatic rings. The van der Waals surface area contributed by atoms with E-state index in [-0.39, 0.29) is 18.0 Å². The van der Waals surface area contributed by atoms with Crippen molar-refractivity contribution >= 4 is 34.8 Å². The van der Waals surface area contributed by atoms with Crippen LogP contribution in [-0.4, -0.2) is 76.5 Å². The molecule has 0 aromatic carbocycles. The summed E-state index contributed by atoms with van der Waals surface area (Å²) in [4.78, 5) is 51.5. The Balaban J connectivity index is 1.83. The first-order chi connectivity index (χ1) is 13.8. The maximum atomic E-state index is 12.4. The second-order valence-corrected chi connectivity index (χ2v) is 7.31. The minimum atomic E-state index is -0.542. The Morgan fingerprint density at radius 1 is 1.38 bits per heavy atom. The van der Waals surface area contributed by atoms with Crippen molar-refractivity contribution in [3.05, 3.63) is 30.6 Å². The molecule has 2 aromatic rings. The number of piperazine rings is 1. The van der Waals surface area contributed by atoms with Gasteiger partial charge in [0.15, 0.2) is 5.65 Å². The summed E-state index contributed by atoms with van der Waals surface area (Å²) in [6.45, 7) is 8.96. The lowest BCUT2D eigenvalue weighted by Crippen LogP contribution is -2.61. The number of amides is 2. The number of rotatable bonds is 5. The Hall–Kier alpha value is -3.43. The zero-order valence-corrected chi connectivity index (χ0v) is 16.7. The molecule has 2 aromatic heterocycles. The molecule has 0 unspecified atom stereocenters. The van der Waals surface area contributed by atoms with Crippen LogP contribution in [0.4, 0.5) is 5.82 Å². The quantitative estimate of drug-likeness (QED) is 0.553. The highest BCUT2D eigenvalue weighted by Gasteiger charge is 2.36. The van der Waals surface area contributed by atoms with E-state index in [9.17, 15) is 14.4 Å². The fraction of sp³-hybridized carbons (Fsp3) is 0.421. The molecular weight excluding hydrogens is 376 g/mol. The number of H-pyrrole nitrogens is 1. The van der Waals surface area contributed by atoms with E-state index in [2.05, 4.69) is 31.6 Å². The SMILES string of the molecule is C=CC(=O)N1CCN(c2cnc3[nH]cc(C(=O)NCC(=O)OC)c3n2)CC1(C)C. The van der Waals surface area contributed by atoms with Gasteiger partial charge in [0.2, 0.25) is 5.91 Å². The molecule has 10 nitrogen and oxygen atoms in total. The number of fused-ring (bicyclic) bond motifs is 1. The summed E-state index contributed by atoms with van der Waals surface area (Å²) < 4.78 is 4.53. The highest BCUT2D eigenvalue weighted by Crippen LogP contribution is 2.26. The Bertz CT molecular complexity index is 967. The highest BCUT2D eigenvalue weighted by atomic mass is 16.5. The third-order valence-corrected chi connectivity index (χ3v) is 4.90. The van der Waals surface area contributed by atoms with Crippen LogP contribution in [0.1, 0.15) is 24.2 Å². The lowest BCUT2D eigenvalue weighted by molar-refractivity contribution is -0.139. The second-order valence-electron chi connectivity index (χ2n) is 7.31. The fourth-order valence-electron chi connectivity index (χ4n) is 3.40. The standard InChI is InChI=1S/C19H24N6O4/c1-5-14(26)25-7-6-24(11-19(25,2)3)13-9-21-17-16(23-13)12(8-20-17)18(28)22-10-15(27)29-4/h5,8-9H,1,6-7,10-11H2,2-4H3,(H,20,21)(H,22,28). The second kappa shape index (κ2) is 7.90. The van der Waals surface area contributed by atoms with E-state index in [1.54, 1.807) is 11.1 Å². The van der Waals surface area contributed by atoms with E-state index >= 15 is 0 Å². The van der Waals surface area contributed by atoms with Crippen molar-refractivity contribution in [1.29, 1.82) is 0 Å². The Morgan fingerprint density at radius 2 is 2.14 bits per heavy atom. The highest BCUT2D eigenvalue weighted by molar-refractivity contribution is 6.05. The van der Waals surface area contributed by atoms with Gasteiger partial charge in [-0.2, -0.15) is 0 Å². The van der Waals surface area contributed by atoms with E-state index in [4.69, 9.17) is 0 Å². The van der Waals surface area contributed by atoms with Gasteiger partial charge in [0, 0.05) is 25.8 Å². The van der Waals surface area contributed by atoms with Crippen LogP contribution in [0.25, 0.3) is 11.2 Å². The van der Waals surface area contributed by atoms with Crippen molar-refractivity contribution in [3.63, 3.8) is 0 Å². The van der Waals surface area contributed by atoms with Gasteiger partial charge in [-0.3, -0.25) is 14.4 Å². The number of carbonyl (C=O) groups is 3. The number of ether oxygens (including phenoxy) is 1. The number of aromatic amines is 1. The molecule has 154 valence electrons. The molecular formula is C19H24N6O4. The van der Waals surface area contributed by atoms with E-state index in [0.717, 1.165) is 0 Å². The summed E-state index contributed by atoms with van der Waals surface area (Å²) in [6, 6.07) is 0. The van der Waals surface area contributed by atoms with Gasteiger partial charge in [-0.05, 0) is 19.9 Å². The third kappa shape index (κ3) is 4.05. The van der Waals surface area contributed by atoms with Gasteiger partial charge >= 0.3 is 5.97 Å². The summed E-state index contributed by atoms with van der Waals surface area (Å²) in [5, 5.41) is 2.50. The van der Waals surface area contributed by atoms with Crippen LogP contribution in [0.2, 0.25) is 0 Å². The first-order valence-electron chi connectivity index (χ1n) is 9.15. The molecule has 0 bridgehead atoms. The maximum absolute atomic E-state index is 12.4. The summed E-state index contributed by atoms with van der Waals surface area (Å²) in [7, 11) is 1.25. The lowest BCUT2D eigenvalue weighted by atomic mass is 9.98. The molecule has 0 atom stereocenters. The maximum Gasteiger partial charge on any atom is 0.325 e. The number of nitrogens with zero attached hydrogens (tertiary/aromatic N) is 4. The lowest BCUT2D eigenvalue weighted by Gasteiger charge is -2.47. The fourth-order valence-corrected chi connectivity index (χ4v) is 3.40. The molecule has 0 radical (unpaired) electrons. The predicted octanol–water partition coefficient (Wildman–Crippen LogP) is 0.474. The predicted molar refractivity (Wildman–Crippen MR) is 106 cm³/mol. The van der Waals surface area contributed by atoms with E-state index < -0.39 is 17.4 Å². The van der Waals surface area contributed by atoms with Crippen molar-refractivity contribution in [2.45, 2.75) is 19.4 Å². The van der Waals surface area contributed by atoms with Gasteiger partial charge in [0.05, 0.1) is 24.4 Å². The molecule has 0 aliphatic carbocycles. The summed E-state index contributed by atoms with van der Waals surface area (Å²) in [5.41, 5.74) is 0.751. The first kappa shape index (κ1) is 20.3. The summed E-state index contributed by atoms with van der Waals surface area (Å²) in [5.74, 6) is -0.488. The molecule has 2 amide bonds. The minimum Gasteiger partial charge on any atom is -0.468 e. The number of methoxy groups -OCH3 is 1. The number of hydrogen-bond acceptors (Lipinski definition) is 7. The molecule has 0 saturated carbocycles. The van der Waals surface area contributed by atoms with Crippen molar-refractivity contribution in [3.8, 4) is 0 Å². The third-order valence-electron chi connectivity index (χ3n) is 4.90. The molecule has 3 rings (SSSR count). The monoisotopic (exact) mass is 400 g/mol. The average Bonchev–Trinajstić information content (AvgIpc) is 3.13. The molecule has 2 N–H and O–H groups in total. The first-order valence-corrected chi connectivity index (χ1v) is 9.15. The van der Waals surface area contributed by atoms with E-state index in [0.29, 0.717) is 36.6 Å². The van der Waals surface area contributed by atoms with Crippen LogP contribution >= 0.6 is 0 Å². The molecule has 1 fully saturated rings. The van der Waals surface area contributed by atoms with Gasteiger partial charge in [0.1, 0.15) is 17.9 Å². The van der Waals surface area contributed by atoms with Crippen LogP contribution in [0.3, 0.4) is 0 Å². The van der Waals surface area contributed by atoms with Gasteiger partial charge in [-0.25, -0.2) is 9.97 Å². The van der Waals surface area contributed by atoms with Crippen LogP contribution in [0.5, 0.6) is 0 Å². The van der Waals surface area contributed by atoms with Crippen molar-refractivity contribution < 1.29 is 19.1 Å². The molecule has 0 spiro atoms. The summed E-state index contributed by atoms with van der Waals surface area (Å²) >= 11 is 0. The average molecular weight is 400 g/mol. The Morgan fingerprint density at radius 3 is 2.79 bits per heavy atom. The van der Waals surface area contributed by atoms with Crippen LogP contribution in [0.15, 0.2) is 25.0 Å². The molecule has 3 heterocycles. The molecule has 29 heavy (non-hydrogen) atoms. The number of hydrogen-bond donors (Lipinski definition) is 2. The topological polar surface area (TPSA) is 121 Å². The molecule has 10 heteroatoms. The zero-order valence-electron chi connectivity index (χ0n) is 16.7. The van der Waals surface area contributed by atoms with Crippen molar-refractivity contribution in [1.82, 2.24) is 25.2 Å². The summed E-state index contributed by atoms with van der Waals surface area (Å²) in [6.07, 6.45) is 4.46. The molecule has 1 saturated heterocycles. The molecule has 1 aliphatic heterocycles. The number of anilines is 1. The number of carbonyl (C=O) groups excluding carboxylic acids is 3. The smallest absolute Gasteiger partial charge is 0.325 e. The minimum absolute atomic E-state index is 0.105. The van der Waals surface area contributed by atoms with E-state index in [1.807, 2.05) is 18.7 Å². The number of aromatic nitrogens is 3. The van der Waals surface area contributed by atoms with Crippen molar-refractivity contribution in [2.24, 2.45) is 0 Å². The Kier molecular flexibility index (Phi) is 5.53. The van der Waals surface area contributed by atoms with Gasteiger partial charge in [-0.1, -0.05) is 6.58 Å². The number of nitrogens with one attached hydrogen (secondary N) is 2. The van der Waals surface area contributed by atoms with Gasteiger partial charge in [-0.15, -0.1) is 0 Å². The largest absolute Gasteiger partial charge is 0.468 e. The van der Waals surface area contributed by atoms with Gasteiger partial charge in [0.25, 0.3) is 5.91 Å². The van der Waals surface area contributed by atoms with Crippen LogP contribution in [0, 0.1) is 0 Å². The van der Waals surface area contributed by atoms with E-state index in [1.165, 1.54) is 19.4 Å². The van der Waals surface area contributed by atoms with Gasteiger partial charge < -0.3 is 24.8 Å².